The highest BCUT2D eigenvalue weighted by Crippen LogP contribution is 2.27. The molecule has 0 unspecified atom stereocenters. The molecule has 0 saturated carbocycles. The molecular formula is C11H16ClFN2. The van der Waals surface area contributed by atoms with Crippen molar-refractivity contribution < 1.29 is 4.39 Å². The second-order valence-corrected chi connectivity index (χ2v) is 3.92. The van der Waals surface area contributed by atoms with Gasteiger partial charge in [0.25, 0.3) is 0 Å². The van der Waals surface area contributed by atoms with Gasteiger partial charge in [0.05, 0.1) is 16.4 Å². The highest BCUT2D eigenvalue weighted by molar-refractivity contribution is 6.31. The molecule has 0 heterocycles. The normalized spacial score (nSPS) is 10.7. The molecule has 0 atom stereocenters. The van der Waals surface area contributed by atoms with E-state index in [1.54, 1.807) is 0 Å². The monoisotopic (exact) mass is 230 g/mol. The van der Waals surface area contributed by atoms with Gasteiger partial charge in [-0.1, -0.05) is 25.4 Å². The molecule has 0 bridgehead atoms. The summed E-state index contributed by atoms with van der Waals surface area (Å²) in [6.45, 7) is 4.15. The Morgan fingerprint density at radius 3 is 2.53 bits per heavy atom. The molecule has 1 aromatic carbocycles. The Bertz CT molecular complexity index is 338. The molecule has 84 valence electrons. The largest absolute Gasteiger partial charge is 0.397 e. The molecule has 4 heteroatoms. The van der Waals surface area contributed by atoms with Gasteiger partial charge in [0, 0.05) is 12.1 Å². The average molecular weight is 231 g/mol. The zero-order valence-corrected chi connectivity index (χ0v) is 9.74. The quantitative estimate of drug-likeness (QED) is 0.775. The van der Waals surface area contributed by atoms with E-state index in [-0.39, 0.29) is 5.02 Å². The molecule has 0 fully saturated rings. The summed E-state index contributed by atoms with van der Waals surface area (Å²) >= 11 is 5.61. The van der Waals surface area contributed by atoms with Crippen LogP contribution < -0.4 is 11.1 Å². The van der Waals surface area contributed by atoms with Crippen molar-refractivity contribution in [3.05, 3.63) is 23.0 Å². The van der Waals surface area contributed by atoms with Gasteiger partial charge in [-0.05, 0) is 18.9 Å². The molecule has 0 aliphatic carbocycles. The van der Waals surface area contributed by atoms with Crippen LogP contribution in [0, 0.1) is 5.82 Å². The number of rotatable bonds is 4. The number of halogens is 2. The lowest BCUT2D eigenvalue weighted by Crippen LogP contribution is -2.18. The van der Waals surface area contributed by atoms with Crippen molar-refractivity contribution in [2.45, 2.75) is 32.7 Å². The average Bonchev–Trinajstić information content (AvgIpc) is 2.21. The summed E-state index contributed by atoms with van der Waals surface area (Å²) in [7, 11) is 0. The predicted octanol–water partition coefficient (Wildman–Crippen LogP) is 3.66. The summed E-state index contributed by atoms with van der Waals surface area (Å²) in [4.78, 5) is 0. The first-order valence-electron chi connectivity index (χ1n) is 5.09. The van der Waals surface area contributed by atoms with Gasteiger partial charge in [-0.2, -0.15) is 0 Å². The van der Waals surface area contributed by atoms with E-state index in [1.165, 1.54) is 12.1 Å². The van der Waals surface area contributed by atoms with Crippen LogP contribution >= 0.6 is 11.6 Å². The predicted molar refractivity (Wildman–Crippen MR) is 63.8 cm³/mol. The molecule has 0 saturated heterocycles. The minimum atomic E-state index is -0.445. The van der Waals surface area contributed by atoms with E-state index in [0.29, 0.717) is 17.4 Å². The second-order valence-electron chi connectivity index (χ2n) is 3.51. The Balaban J connectivity index is 2.89. The summed E-state index contributed by atoms with van der Waals surface area (Å²) < 4.78 is 13.2. The fourth-order valence-corrected chi connectivity index (χ4v) is 1.57. The summed E-state index contributed by atoms with van der Waals surface area (Å²) in [6, 6.07) is 3.09. The summed E-state index contributed by atoms with van der Waals surface area (Å²) in [5, 5.41) is 3.25. The number of anilines is 2. The van der Waals surface area contributed by atoms with Gasteiger partial charge in [-0.3, -0.25) is 0 Å². The standard InChI is InChI=1S/C11H16ClFN2/c1-3-7(4-2)15-11-6-9(13)8(12)5-10(11)14/h5-7,15H,3-4,14H2,1-2H3. The molecule has 2 nitrogen and oxygen atoms in total. The van der Waals surface area contributed by atoms with Crippen LogP contribution in [0.3, 0.4) is 0 Å². The van der Waals surface area contributed by atoms with Crippen molar-refractivity contribution in [3.8, 4) is 0 Å². The van der Waals surface area contributed by atoms with Crippen molar-refractivity contribution in [3.63, 3.8) is 0 Å². The van der Waals surface area contributed by atoms with Crippen LogP contribution in [0.15, 0.2) is 12.1 Å². The van der Waals surface area contributed by atoms with E-state index in [2.05, 4.69) is 19.2 Å². The Morgan fingerprint density at radius 1 is 1.40 bits per heavy atom. The third-order valence-corrected chi connectivity index (χ3v) is 2.73. The van der Waals surface area contributed by atoms with E-state index in [9.17, 15) is 4.39 Å². The maximum atomic E-state index is 13.2. The smallest absolute Gasteiger partial charge is 0.143 e. The zero-order valence-electron chi connectivity index (χ0n) is 8.98. The van der Waals surface area contributed by atoms with Crippen LogP contribution in [-0.2, 0) is 0 Å². The molecule has 15 heavy (non-hydrogen) atoms. The third-order valence-electron chi connectivity index (χ3n) is 2.44. The maximum absolute atomic E-state index is 13.2. The lowest BCUT2D eigenvalue weighted by atomic mass is 10.1. The SMILES string of the molecule is CCC(CC)Nc1cc(F)c(Cl)cc1N. The van der Waals surface area contributed by atoms with E-state index >= 15 is 0 Å². The van der Waals surface area contributed by atoms with Crippen molar-refractivity contribution in [1.82, 2.24) is 0 Å². The van der Waals surface area contributed by atoms with E-state index in [4.69, 9.17) is 17.3 Å². The van der Waals surface area contributed by atoms with Gasteiger partial charge in [0.15, 0.2) is 0 Å². The van der Waals surface area contributed by atoms with E-state index in [1.807, 2.05) is 0 Å². The topological polar surface area (TPSA) is 38.0 Å². The molecule has 1 aromatic rings. The molecule has 0 aliphatic rings. The molecule has 0 spiro atoms. The number of hydrogen-bond donors (Lipinski definition) is 2. The van der Waals surface area contributed by atoms with E-state index in [0.717, 1.165) is 12.8 Å². The Morgan fingerprint density at radius 2 is 2.00 bits per heavy atom. The molecule has 1 rings (SSSR count). The first kappa shape index (κ1) is 12.1. The van der Waals surface area contributed by atoms with Crippen LogP contribution in [0.1, 0.15) is 26.7 Å². The summed E-state index contributed by atoms with van der Waals surface area (Å²) in [6.07, 6.45) is 1.94. The van der Waals surface area contributed by atoms with Gasteiger partial charge < -0.3 is 11.1 Å². The highest BCUT2D eigenvalue weighted by Gasteiger charge is 2.09. The maximum Gasteiger partial charge on any atom is 0.143 e. The minimum Gasteiger partial charge on any atom is -0.397 e. The van der Waals surface area contributed by atoms with Crippen molar-refractivity contribution in [2.24, 2.45) is 0 Å². The van der Waals surface area contributed by atoms with Gasteiger partial charge in [0.1, 0.15) is 5.82 Å². The molecule has 0 amide bonds. The Kier molecular flexibility index (Phi) is 4.21. The van der Waals surface area contributed by atoms with Crippen LogP contribution in [-0.4, -0.2) is 6.04 Å². The first-order chi connectivity index (χ1) is 7.08. The number of nitrogen functional groups attached to an aromatic ring is 1. The second kappa shape index (κ2) is 5.21. The molecule has 0 radical (unpaired) electrons. The van der Waals surface area contributed by atoms with Gasteiger partial charge >= 0.3 is 0 Å². The summed E-state index contributed by atoms with van der Waals surface area (Å²) in [5.74, 6) is -0.445. The minimum absolute atomic E-state index is 0.0580. The number of nitrogens with one attached hydrogen (secondary N) is 1. The Hall–Kier alpha value is -0.960. The van der Waals surface area contributed by atoms with Crippen LogP contribution in [0.5, 0.6) is 0 Å². The van der Waals surface area contributed by atoms with Gasteiger partial charge in [-0.15, -0.1) is 0 Å². The molecule has 0 aliphatic heterocycles. The van der Waals surface area contributed by atoms with Gasteiger partial charge in [0.2, 0.25) is 0 Å². The molecule has 3 N–H and O–H groups in total. The fraction of sp³-hybridized carbons (Fsp3) is 0.455. The molecule has 0 aromatic heterocycles. The van der Waals surface area contributed by atoms with Gasteiger partial charge in [-0.25, -0.2) is 4.39 Å². The fourth-order valence-electron chi connectivity index (χ4n) is 1.40. The van der Waals surface area contributed by atoms with Crippen molar-refractivity contribution in [2.75, 3.05) is 11.1 Å². The highest BCUT2D eigenvalue weighted by atomic mass is 35.5. The lowest BCUT2D eigenvalue weighted by Gasteiger charge is -2.18. The number of nitrogens with two attached hydrogens (primary N) is 1. The lowest BCUT2D eigenvalue weighted by molar-refractivity contribution is 0.626. The summed E-state index contributed by atoms with van der Waals surface area (Å²) in [5.41, 5.74) is 6.83. The van der Waals surface area contributed by atoms with Crippen LogP contribution in [0.25, 0.3) is 0 Å². The first-order valence-corrected chi connectivity index (χ1v) is 5.47. The van der Waals surface area contributed by atoms with Crippen LogP contribution in [0.2, 0.25) is 5.02 Å². The zero-order chi connectivity index (χ0) is 11.4. The number of benzene rings is 1. The van der Waals surface area contributed by atoms with E-state index < -0.39 is 5.82 Å². The third kappa shape index (κ3) is 2.99. The Labute approximate surface area is 94.6 Å². The van der Waals surface area contributed by atoms with Crippen LogP contribution in [0.4, 0.5) is 15.8 Å². The van der Waals surface area contributed by atoms with Crippen molar-refractivity contribution in [1.29, 1.82) is 0 Å². The number of hydrogen-bond acceptors (Lipinski definition) is 2. The van der Waals surface area contributed by atoms with Crippen molar-refractivity contribution >= 4 is 23.0 Å². The molecular weight excluding hydrogens is 215 g/mol.